The number of hydrogen-bond acceptors (Lipinski definition) is 1. The molecular formula is C21H25ClO. The summed E-state index contributed by atoms with van der Waals surface area (Å²) in [7, 11) is 0. The molecule has 0 saturated carbocycles. The molecule has 0 saturated heterocycles. The van der Waals surface area contributed by atoms with E-state index in [-0.39, 0.29) is 5.78 Å². The highest BCUT2D eigenvalue weighted by atomic mass is 35.5. The molecule has 0 bridgehead atoms. The zero-order chi connectivity index (χ0) is 17.4. The van der Waals surface area contributed by atoms with Crippen LogP contribution < -0.4 is 0 Å². The van der Waals surface area contributed by atoms with Crippen molar-refractivity contribution in [2.45, 2.75) is 34.1 Å². The van der Waals surface area contributed by atoms with E-state index in [1.54, 1.807) is 24.3 Å². The van der Waals surface area contributed by atoms with Crippen LogP contribution in [0.4, 0.5) is 0 Å². The first-order chi connectivity index (χ1) is 11.0. The molecule has 122 valence electrons. The van der Waals surface area contributed by atoms with Crippen molar-refractivity contribution < 1.29 is 4.79 Å². The van der Waals surface area contributed by atoms with Gasteiger partial charge in [-0.05, 0) is 49.1 Å². The first kappa shape index (κ1) is 19.2. The Kier molecular flexibility index (Phi) is 7.77. The van der Waals surface area contributed by atoms with E-state index in [2.05, 4.69) is 13.5 Å². The van der Waals surface area contributed by atoms with Crippen molar-refractivity contribution in [3.8, 4) is 0 Å². The molecule has 1 unspecified atom stereocenters. The number of rotatable bonds is 5. The SMILES string of the molecule is C=C(C)C(C)Cc1ccc(C(=O)c2ccc(Cl)cc2)cc1.CC. The molecular weight excluding hydrogens is 304 g/mol. The van der Waals surface area contributed by atoms with Crippen molar-refractivity contribution in [1.82, 2.24) is 0 Å². The van der Waals surface area contributed by atoms with Crippen molar-refractivity contribution in [3.63, 3.8) is 0 Å². The van der Waals surface area contributed by atoms with Crippen molar-refractivity contribution in [1.29, 1.82) is 0 Å². The molecule has 0 aliphatic carbocycles. The molecule has 2 heteroatoms. The molecule has 0 aliphatic rings. The Bertz CT molecular complexity index is 639. The van der Waals surface area contributed by atoms with Crippen LogP contribution in [0.1, 0.15) is 49.2 Å². The Balaban J connectivity index is 0.00000127. The Hall–Kier alpha value is -1.86. The zero-order valence-corrected chi connectivity index (χ0v) is 15.2. The monoisotopic (exact) mass is 328 g/mol. The highest BCUT2D eigenvalue weighted by molar-refractivity contribution is 6.30. The van der Waals surface area contributed by atoms with Crippen LogP contribution in [0.3, 0.4) is 0 Å². The summed E-state index contributed by atoms with van der Waals surface area (Å²) < 4.78 is 0. The number of benzene rings is 2. The average Bonchev–Trinajstić information content (AvgIpc) is 2.57. The molecule has 23 heavy (non-hydrogen) atoms. The Morgan fingerprint density at radius 1 is 1.00 bits per heavy atom. The molecule has 0 aliphatic heterocycles. The van der Waals surface area contributed by atoms with E-state index in [0.29, 0.717) is 22.1 Å². The van der Waals surface area contributed by atoms with E-state index in [1.165, 1.54) is 11.1 Å². The van der Waals surface area contributed by atoms with E-state index in [0.717, 1.165) is 6.42 Å². The predicted octanol–water partition coefficient (Wildman–Crippen LogP) is 6.35. The van der Waals surface area contributed by atoms with E-state index < -0.39 is 0 Å². The number of hydrogen-bond donors (Lipinski definition) is 0. The molecule has 2 aromatic carbocycles. The molecule has 0 N–H and O–H groups in total. The van der Waals surface area contributed by atoms with Crippen LogP contribution in [-0.2, 0) is 6.42 Å². The molecule has 1 nitrogen and oxygen atoms in total. The lowest BCUT2D eigenvalue weighted by atomic mass is 9.94. The molecule has 0 radical (unpaired) electrons. The molecule has 2 aromatic rings. The summed E-state index contributed by atoms with van der Waals surface area (Å²) in [5, 5.41) is 0.635. The maximum atomic E-state index is 12.3. The predicted molar refractivity (Wildman–Crippen MR) is 100 cm³/mol. The lowest BCUT2D eigenvalue weighted by Crippen LogP contribution is -2.03. The first-order valence-electron chi connectivity index (χ1n) is 8.02. The highest BCUT2D eigenvalue weighted by Crippen LogP contribution is 2.18. The second kappa shape index (κ2) is 9.32. The van der Waals surface area contributed by atoms with Crippen LogP contribution in [0, 0.1) is 5.92 Å². The summed E-state index contributed by atoms with van der Waals surface area (Å²) in [4.78, 5) is 12.3. The number of halogens is 1. The first-order valence-corrected chi connectivity index (χ1v) is 8.40. The Morgan fingerprint density at radius 2 is 1.43 bits per heavy atom. The molecule has 0 fully saturated rings. The van der Waals surface area contributed by atoms with Crippen LogP contribution in [0.15, 0.2) is 60.7 Å². The maximum Gasteiger partial charge on any atom is 0.193 e. The van der Waals surface area contributed by atoms with Crippen LogP contribution in [-0.4, -0.2) is 5.78 Å². The number of carbonyl (C=O) groups is 1. The molecule has 2 rings (SSSR count). The van der Waals surface area contributed by atoms with Gasteiger partial charge in [-0.3, -0.25) is 4.79 Å². The molecule has 0 heterocycles. The van der Waals surface area contributed by atoms with E-state index in [4.69, 9.17) is 11.6 Å². The quantitative estimate of drug-likeness (QED) is 0.461. The minimum Gasteiger partial charge on any atom is -0.289 e. The summed E-state index contributed by atoms with van der Waals surface area (Å²) >= 11 is 5.84. The van der Waals surface area contributed by atoms with Gasteiger partial charge in [-0.2, -0.15) is 0 Å². The fourth-order valence-electron chi connectivity index (χ4n) is 2.09. The second-order valence-electron chi connectivity index (χ2n) is 5.48. The van der Waals surface area contributed by atoms with Gasteiger partial charge in [0, 0.05) is 16.1 Å². The van der Waals surface area contributed by atoms with Crippen molar-refractivity contribution >= 4 is 17.4 Å². The Labute approximate surface area is 145 Å². The standard InChI is InChI=1S/C19H19ClO.C2H6/c1-13(2)14(3)12-15-4-6-16(7-5-15)19(21)17-8-10-18(20)11-9-17;1-2/h4-11,14H,1,12H2,2-3H3;1-2H3. The van der Waals surface area contributed by atoms with Gasteiger partial charge in [-0.15, -0.1) is 0 Å². The third kappa shape index (κ3) is 5.69. The fraction of sp³-hybridized carbons (Fsp3) is 0.286. The summed E-state index contributed by atoms with van der Waals surface area (Å²) in [6.45, 7) is 12.2. The van der Waals surface area contributed by atoms with Crippen molar-refractivity contribution in [2.75, 3.05) is 0 Å². The van der Waals surface area contributed by atoms with Crippen LogP contribution in [0.25, 0.3) is 0 Å². The van der Waals surface area contributed by atoms with Crippen molar-refractivity contribution in [3.05, 3.63) is 82.4 Å². The largest absolute Gasteiger partial charge is 0.289 e. The number of allylic oxidation sites excluding steroid dienone is 1. The van der Waals surface area contributed by atoms with E-state index >= 15 is 0 Å². The van der Waals surface area contributed by atoms with Gasteiger partial charge in [0.15, 0.2) is 5.78 Å². The summed E-state index contributed by atoms with van der Waals surface area (Å²) in [6.07, 6.45) is 0.949. The maximum absolute atomic E-state index is 12.3. The van der Waals surface area contributed by atoms with Gasteiger partial charge in [0.05, 0.1) is 0 Å². The van der Waals surface area contributed by atoms with E-state index in [1.807, 2.05) is 45.0 Å². The average molecular weight is 329 g/mol. The third-order valence-electron chi connectivity index (χ3n) is 3.71. The molecule has 0 aromatic heterocycles. The highest BCUT2D eigenvalue weighted by Gasteiger charge is 2.10. The van der Waals surface area contributed by atoms with Crippen LogP contribution >= 0.6 is 11.6 Å². The second-order valence-corrected chi connectivity index (χ2v) is 5.92. The third-order valence-corrected chi connectivity index (χ3v) is 3.96. The molecule has 1 atom stereocenters. The van der Waals surface area contributed by atoms with E-state index in [9.17, 15) is 4.79 Å². The fourth-order valence-corrected chi connectivity index (χ4v) is 2.21. The Morgan fingerprint density at radius 3 is 1.87 bits per heavy atom. The zero-order valence-electron chi connectivity index (χ0n) is 14.4. The van der Waals surface area contributed by atoms with Gasteiger partial charge in [0.2, 0.25) is 0 Å². The lowest BCUT2D eigenvalue weighted by molar-refractivity contribution is 0.103. The minimum absolute atomic E-state index is 0.0196. The number of carbonyl (C=O) groups excluding carboxylic acids is 1. The van der Waals surface area contributed by atoms with Gasteiger partial charge in [-0.25, -0.2) is 0 Å². The lowest BCUT2D eigenvalue weighted by Gasteiger charge is -2.11. The van der Waals surface area contributed by atoms with Gasteiger partial charge in [-0.1, -0.05) is 68.8 Å². The van der Waals surface area contributed by atoms with Crippen LogP contribution in [0.2, 0.25) is 5.02 Å². The molecule has 0 amide bonds. The summed E-state index contributed by atoms with van der Waals surface area (Å²) in [5.74, 6) is 0.467. The summed E-state index contributed by atoms with van der Waals surface area (Å²) in [5.41, 5.74) is 3.75. The number of ketones is 1. The van der Waals surface area contributed by atoms with Gasteiger partial charge in [0.25, 0.3) is 0 Å². The normalized spacial score (nSPS) is 11.2. The van der Waals surface area contributed by atoms with Gasteiger partial charge >= 0.3 is 0 Å². The van der Waals surface area contributed by atoms with Crippen molar-refractivity contribution in [2.24, 2.45) is 5.92 Å². The minimum atomic E-state index is 0.0196. The summed E-state index contributed by atoms with van der Waals surface area (Å²) in [6, 6.07) is 14.8. The van der Waals surface area contributed by atoms with Gasteiger partial charge in [0.1, 0.15) is 0 Å². The smallest absolute Gasteiger partial charge is 0.193 e. The molecule has 0 spiro atoms. The van der Waals surface area contributed by atoms with Crippen LogP contribution in [0.5, 0.6) is 0 Å². The topological polar surface area (TPSA) is 17.1 Å². The van der Waals surface area contributed by atoms with Gasteiger partial charge < -0.3 is 0 Å².